The van der Waals surface area contributed by atoms with E-state index in [0.717, 1.165) is 24.8 Å². The van der Waals surface area contributed by atoms with Crippen LogP contribution in [0.3, 0.4) is 0 Å². The van der Waals surface area contributed by atoms with Gasteiger partial charge >= 0.3 is 0 Å². The molecule has 0 unspecified atom stereocenters. The van der Waals surface area contributed by atoms with E-state index in [9.17, 15) is 60.0 Å². The Morgan fingerprint density at radius 2 is 1.29 bits per heavy atom. The summed E-state index contributed by atoms with van der Waals surface area (Å²) in [5, 5.41) is 89.2. The Hall–Kier alpha value is -2.54. The SMILES string of the molecule is CC1(C)[C@@H](O[C@H]2O[C@H](C(=O)[O-])[C@@H](O)[C@H](O)[C@H]2O[C@@H]2O[C@H](C(=O)[O-])[C@@H](O)[C@H](O)[C@H]2O)CC[C@]2(C)[C@H]3C(=O)C=C4[C@@H]5C[C@@](C)(C(=O)[O-])CC[C@]5(C)CC[C@@]4(C)[C@]3(C)CC[C@@H]12. The largest absolute Gasteiger partial charge is 0.550 e. The second kappa shape index (κ2) is 14.3. The Labute approximate surface area is 337 Å². The lowest BCUT2D eigenvalue weighted by Gasteiger charge is -2.70. The van der Waals surface area contributed by atoms with Gasteiger partial charge in [-0.05, 0) is 103 Å². The van der Waals surface area contributed by atoms with Crippen molar-refractivity contribution in [2.45, 2.75) is 174 Å². The first kappa shape index (κ1) is 43.5. The van der Waals surface area contributed by atoms with Crippen LogP contribution >= 0.6 is 0 Å². The number of carboxylic acids is 3. The quantitative estimate of drug-likeness (QED) is 0.178. The van der Waals surface area contributed by atoms with Crippen LogP contribution in [0.1, 0.15) is 106 Å². The molecule has 0 spiro atoms. The molecular weight excluding hydrogens is 760 g/mol. The third-order valence-corrected chi connectivity index (χ3v) is 17.2. The molecule has 6 fully saturated rings. The minimum atomic E-state index is -2.16. The number of ether oxygens (including phenoxy) is 4. The van der Waals surface area contributed by atoms with Crippen LogP contribution < -0.4 is 15.3 Å². The molecule has 4 saturated carbocycles. The number of carbonyl (C=O) groups is 4. The average Bonchev–Trinajstić information content (AvgIpc) is 3.13. The lowest BCUT2D eigenvalue weighted by molar-refractivity contribution is -0.391. The summed E-state index contributed by atoms with van der Waals surface area (Å²) in [6.45, 7) is 14.6. The normalized spacial score (nSPS) is 52.6. The molecule has 0 aromatic carbocycles. The van der Waals surface area contributed by atoms with Crippen LogP contribution in [0.15, 0.2) is 11.6 Å². The van der Waals surface area contributed by atoms with E-state index in [-0.39, 0.29) is 34.4 Å². The van der Waals surface area contributed by atoms with Gasteiger partial charge in [-0.15, -0.1) is 0 Å². The number of hydrogen-bond acceptors (Lipinski definition) is 16. The fraction of sp³-hybridized carbons (Fsp3) is 0.857. The van der Waals surface area contributed by atoms with Gasteiger partial charge in [0, 0.05) is 17.3 Å². The number of ketones is 1. The summed E-state index contributed by atoms with van der Waals surface area (Å²) in [6.07, 6.45) is -13.4. The molecule has 0 radical (unpaired) electrons. The van der Waals surface area contributed by atoms with Crippen molar-refractivity contribution >= 4 is 23.7 Å². The fourth-order valence-electron chi connectivity index (χ4n) is 13.3. The van der Waals surface area contributed by atoms with E-state index in [1.54, 1.807) is 6.92 Å². The lowest BCUT2D eigenvalue weighted by atomic mass is 9.33. The zero-order chi connectivity index (χ0) is 42.9. The molecule has 0 bridgehead atoms. The van der Waals surface area contributed by atoms with Crippen LogP contribution in [0.5, 0.6) is 0 Å². The molecule has 7 aliphatic rings. The van der Waals surface area contributed by atoms with Crippen molar-refractivity contribution in [3.8, 4) is 0 Å². The molecule has 58 heavy (non-hydrogen) atoms. The van der Waals surface area contributed by atoms with Crippen molar-refractivity contribution in [1.29, 1.82) is 0 Å². The van der Waals surface area contributed by atoms with Gasteiger partial charge in [0.2, 0.25) is 0 Å². The van der Waals surface area contributed by atoms with Crippen LogP contribution in [-0.4, -0.2) is 117 Å². The third kappa shape index (κ3) is 6.25. The third-order valence-electron chi connectivity index (χ3n) is 17.2. The second-order valence-electron chi connectivity index (χ2n) is 20.6. The van der Waals surface area contributed by atoms with Crippen LogP contribution in [0, 0.1) is 50.2 Å². The highest BCUT2D eigenvalue weighted by Crippen LogP contribution is 2.75. The number of aliphatic hydroxyl groups excluding tert-OH is 5. The highest BCUT2D eigenvalue weighted by molar-refractivity contribution is 5.95. The first-order valence-corrected chi connectivity index (χ1v) is 20.7. The van der Waals surface area contributed by atoms with Crippen molar-refractivity contribution in [1.82, 2.24) is 0 Å². The number of hydrogen-bond donors (Lipinski definition) is 5. The molecule has 16 heteroatoms. The molecule has 19 atom stereocenters. The molecule has 0 aromatic heterocycles. The second-order valence-corrected chi connectivity index (χ2v) is 20.6. The summed E-state index contributed by atoms with van der Waals surface area (Å²) >= 11 is 0. The van der Waals surface area contributed by atoms with E-state index in [1.807, 2.05) is 19.9 Å². The summed E-state index contributed by atoms with van der Waals surface area (Å²) in [5.74, 6) is -5.37. The Bertz CT molecular complexity index is 1730. The van der Waals surface area contributed by atoms with Gasteiger partial charge in [0.05, 0.1) is 18.0 Å². The molecular formula is C42H59O16-3. The topological polar surface area (TPSA) is 276 Å². The predicted molar refractivity (Wildman–Crippen MR) is 192 cm³/mol. The van der Waals surface area contributed by atoms with Gasteiger partial charge in [0.25, 0.3) is 0 Å². The van der Waals surface area contributed by atoms with Gasteiger partial charge in [-0.1, -0.05) is 54.0 Å². The summed E-state index contributed by atoms with van der Waals surface area (Å²) in [5.41, 5.74) is -2.11. The van der Waals surface area contributed by atoms with E-state index in [2.05, 4.69) is 27.7 Å². The number of aliphatic carboxylic acids is 3. The van der Waals surface area contributed by atoms with Gasteiger partial charge in [-0.25, -0.2) is 0 Å². The lowest BCUT2D eigenvalue weighted by Crippen LogP contribution is -2.68. The molecule has 5 N–H and O–H groups in total. The monoisotopic (exact) mass is 819 g/mol. The smallest absolute Gasteiger partial charge is 0.187 e. The molecule has 5 aliphatic carbocycles. The Morgan fingerprint density at radius 3 is 1.90 bits per heavy atom. The highest BCUT2D eigenvalue weighted by atomic mass is 16.8. The van der Waals surface area contributed by atoms with Gasteiger partial charge in [-0.3, -0.25) is 4.79 Å². The van der Waals surface area contributed by atoms with Crippen LogP contribution in [-0.2, 0) is 38.1 Å². The van der Waals surface area contributed by atoms with Gasteiger partial charge in [-0.2, -0.15) is 0 Å². The average molecular weight is 820 g/mol. The Kier molecular flexibility index (Phi) is 10.7. The molecule has 7 rings (SSSR count). The van der Waals surface area contributed by atoms with Crippen LogP contribution in [0.4, 0.5) is 0 Å². The first-order valence-electron chi connectivity index (χ1n) is 20.7. The summed E-state index contributed by atoms with van der Waals surface area (Å²) in [6, 6.07) is 0. The van der Waals surface area contributed by atoms with E-state index < -0.39 is 107 Å². The van der Waals surface area contributed by atoms with Crippen LogP contribution in [0.2, 0.25) is 0 Å². The number of rotatable bonds is 7. The first-order chi connectivity index (χ1) is 26.8. The minimum Gasteiger partial charge on any atom is -0.550 e. The highest BCUT2D eigenvalue weighted by Gasteiger charge is 2.70. The Morgan fingerprint density at radius 1 is 0.707 bits per heavy atom. The van der Waals surface area contributed by atoms with E-state index in [1.165, 1.54) is 0 Å². The molecule has 0 aromatic rings. The maximum Gasteiger partial charge on any atom is 0.187 e. The number of fused-ring (bicyclic) bond motifs is 7. The fourth-order valence-corrected chi connectivity index (χ4v) is 13.3. The van der Waals surface area contributed by atoms with Gasteiger partial charge in [0.15, 0.2) is 18.4 Å². The number of carbonyl (C=O) groups excluding carboxylic acids is 4. The van der Waals surface area contributed by atoms with E-state index in [0.29, 0.717) is 38.5 Å². The molecule has 2 aliphatic heterocycles. The van der Waals surface area contributed by atoms with E-state index >= 15 is 0 Å². The zero-order valence-corrected chi connectivity index (χ0v) is 34.3. The van der Waals surface area contributed by atoms with Crippen molar-refractivity contribution in [3.05, 3.63) is 11.6 Å². The number of allylic oxidation sites excluding steroid dienone is 2. The predicted octanol–water partition coefficient (Wildman–Crippen LogP) is -1.76. The van der Waals surface area contributed by atoms with Crippen LogP contribution in [0.25, 0.3) is 0 Å². The summed E-state index contributed by atoms with van der Waals surface area (Å²) < 4.78 is 23.1. The summed E-state index contributed by atoms with van der Waals surface area (Å²) in [4.78, 5) is 50.9. The van der Waals surface area contributed by atoms with E-state index in [4.69, 9.17) is 18.9 Å². The molecule has 2 saturated heterocycles. The van der Waals surface area contributed by atoms with Crippen molar-refractivity contribution < 1.29 is 79.0 Å². The number of carboxylic acid groups (broad SMARTS) is 3. The zero-order valence-electron chi connectivity index (χ0n) is 34.3. The molecule has 2 heterocycles. The number of aliphatic hydroxyl groups is 5. The maximum absolute atomic E-state index is 14.8. The summed E-state index contributed by atoms with van der Waals surface area (Å²) in [7, 11) is 0. The molecule has 16 nitrogen and oxygen atoms in total. The van der Waals surface area contributed by atoms with Crippen molar-refractivity contribution in [3.63, 3.8) is 0 Å². The Balaban J connectivity index is 1.17. The minimum absolute atomic E-state index is 0.0357. The van der Waals surface area contributed by atoms with Crippen molar-refractivity contribution in [2.24, 2.45) is 50.2 Å². The van der Waals surface area contributed by atoms with Crippen molar-refractivity contribution in [2.75, 3.05) is 0 Å². The maximum atomic E-state index is 14.8. The standard InChI is InChI=1S/C42H62O16/c1-37(2)21-8-11-42(7)31(20(43)16-18-19-17-39(4,36(53)54)13-12-38(19,3)14-15-41(18,42)6)40(21,5)10-9-22(37)55-35-30(26(47)25(46)29(57-35)33(51)52)58-34-27(48)23(44)24(45)28(56-34)32(49)50/h16,19,21-31,34-35,44-48H,8-15,17H2,1-7H3,(H,49,50)(H,51,52)(H,53,54)/p-3/t19-,21-,22-,23-,24-,25-,26-,27+,28-,29-,30+,31+,34-,35-,38+,39-,40-,41+,42+/m0/s1. The molecule has 326 valence electrons. The molecule has 0 amide bonds. The van der Waals surface area contributed by atoms with Gasteiger partial charge < -0.3 is 74.2 Å². The van der Waals surface area contributed by atoms with Gasteiger partial charge in [0.1, 0.15) is 48.8 Å².